The number of anilines is 3. The molecule has 6 nitrogen and oxygen atoms in total. The number of amides is 3. The molecule has 0 unspecified atom stereocenters. The van der Waals surface area contributed by atoms with E-state index in [-0.39, 0.29) is 17.7 Å². The third kappa shape index (κ3) is 5.75. The Morgan fingerprint density at radius 1 is 0.844 bits per heavy atom. The number of thiophene rings is 1. The Bertz CT molecular complexity index is 1160. The summed E-state index contributed by atoms with van der Waals surface area (Å²) >= 11 is 7.09. The van der Waals surface area contributed by atoms with Crippen molar-refractivity contribution in [1.82, 2.24) is 0 Å². The third-order valence-electron chi connectivity index (χ3n) is 4.57. The number of carbonyl (C=O) groups is 3. The molecule has 0 spiro atoms. The van der Waals surface area contributed by atoms with E-state index in [2.05, 4.69) is 16.0 Å². The molecule has 0 aliphatic heterocycles. The first-order valence-corrected chi connectivity index (χ1v) is 11.1. The van der Waals surface area contributed by atoms with Crippen molar-refractivity contribution in [1.29, 1.82) is 0 Å². The number of para-hydroxylation sites is 2. The van der Waals surface area contributed by atoms with Crippen LogP contribution in [0.1, 0.15) is 46.4 Å². The molecule has 3 N–H and O–H groups in total. The maximum Gasteiger partial charge on any atom is 0.266 e. The van der Waals surface area contributed by atoms with Gasteiger partial charge in [-0.15, -0.1) is 11.3 Å². The van der Waals surface area contributed by atoms with E-state index in [9.17, 15) is 14.4 Å². The van der Waals surface area contributed by atoms with Crippen LogP contribution in [0.3, 0.4) is 0 Å². The number of rotatable bonds is 5. The molecule has 32 heavy (non-hydrogen) atoms. The summed E-state index contributed by atoms with van der Waals surface area (Å²) in [6, 6.07) is 15.3. The van der Waals surface area contributed by atoms with Gasteiger partial charge in [0, 0.05) is 16.0 Å². The molecule has 8 heteroatoms. The fourth-order valence-corrected chi connectivity index (χ4v) is 3.83. The first kappa shape index (κ1) is 23.5. The average Bonchev–Trinajstić information content (AvgIpc) is 3.09. The zero-order valence-corrected chi connectivity index (χ0v) is 19.8. The quantitative estimate of drug-likeness (QED) is 0.415. The van der Waals surface area contributed by atoms with Crippen molar-refractivity contribution in [3.05, 3.63) is 75.6 Å². The van der Waals surface area contributed by atoms with E-state index in [0.717, 1.165) is 5.56 Å². The second kappa shape index (κ2) is 9.54. The third-order valence-corrected chi connectivity index (χ3v) is 5.98. The second-order valence-electron chi connectivity index (χ2n) is 8.29. The lowest BCUT2D eigenvalue weighted by atomic mass is 9.96. The molecule has 1 heterocycles. The normalized spacial score (nSPS) is 11.0. The molecule has 0 bridgehead atoms. The van der Waals surface area contributed by atoms with E-state index >= 15 is 0 Å². The van der Waals surface area contributed by atoms with Crippen molar-refractivity contribution >= 4 is 57.0 Å². The summed E-state index contributed by atoms with van der Waals surface area (Å²) in [5.74, 6) is -0.763. The monoisotopic (exact) mass is 469 g/mol. The van der Waals surface area contributed by atoms with Crippen molar-refractivity contribution in [2.45, 2.75) is 27.7 Å². The van der Waals surface area contributed by atoms with Gasteiger partial charge in [-0.3, -0.25) is 14.4 Å². The number of aryl methyl sites for hydroxylation is 1. The molecule has 0 radical (unpaired) electrons. The first-order valence-electron chi connectivity index (χ1n) is 9.94. The van der Waals surface area contributed by atoms with Crippen molar-refractivity contribution in [2.75, 3.05) is 16.0 Å². The lowest BCUT2D eigenvalue weighted by molar-refractivity contribution is -0.123. The summed E-state index contributed by atoms with van der Waals surface area (Å²) in [4.78, 5) is 38.2. The Balaban J connectivity index is 1.75. The number of halogens is 1. The van der Waals surface area contributed by atoms with Crippen molar-refractivity contribution in [2.24, 2.45) is 5.41 Å². The van der Waals surface area contributed by atoms with E-state index in [1.54, 1.807) is 54.6 Å². The molecule has 0 atom stereocenters. The topological polar surface area (TPSA) is 87.3 Å². The van der Waals surface area contributed by atoms with Crippen LogP contribution in [-0.4, -0.2) is 17.7 Å². The van der Waals surface area contributed by atoms with Crippen molar-refractivity contribution in [3.8, 4) is 0 Å². The standard InChI is InChI=1S/C24H24ClN3O3S/c1-14-13-19(28-23(31)24(2,3)4)32-20(14)22(30)27-18-8-6-5-7-17(18)26-21(29)15-9-11-16(25)12-10-15/h5-13H,1-4H3,(H,26,29)(H,27,30)(H,28,31). The first-order chi connectivity index (χ1) is 15.0. The summed E-state index contributed by atoms with van der Waals surface area (Å²) in [5, 5.41) is 9.67. The van der Waals surface area contributed by atoms with Crippen LogP contribution >= 0.6 is 22.9 Å². The Hall–Kier alpha value is -3.16. The zero-order chi connectivity index (χ0) is 23.5. The summed E-state index contributed by atoms with van der Waals surface area (Å²) in [6.45, 7) is 7.29. The van der Waals surface area contributed by atoms with E-state index in [1.165, 1.54) is 11.3 Å². The maximum atomic E-state index is 12.9. The highest BCUT2D eigenvalue weighted by molar-refractivity contribution is 7.18. The van der Waals surface area contributed by atoms with Gasteiger partial charge < -0.3 is 16.0 Å². The minimum Gasteiger partial charge on any atom is -0.320 e. The van der Waals surface area contributed by atoms with Gasteiger partial charge in [0.1, 0.15) is 0 Å². The van der Waals surface area contributed by atoms with E-state index < -0.39 is 5.41 Å². The number of benzene rings is 2. The van der Waals surface area contributed by atoms with E-state index in [0.29, 0.717) is 31.8 Å². The van der Waals surface area contributed by atoms with Crippen LogP contribution in [0, 0.1) is 12.3 Å². The highest BCUT2D eigenvalue weighted by atomic mass is 35.5. The molecular formula is C24H24ClN3O3S. The van der Waals surface area contributed by atoms with Crippen LogP contribution in [-0.2, 0) is 4.79 Å². The van der Waals surface area contributed by atoms with Crippen LogP contribution in [0.15, 0.2) is 54.6 Å². The minimum absolute atomic E-state index is 0.124. The highest BCUT2D eigenvalue weighted by Gasteiger charge is 2.23. The number of nitrogens with one attached hydrogen (secondary N) is 3. The molecule has 3 rings (SSSR count). The summed E-state index contributed by atoms with van der Waals surface area (Å²) in [5.41, 5.74) is 1.59. The Labute approximate surface area is 196 Å². The smallest absolute Gasteiger partial charge is 0.266 e. The van der Waals surface area contributed by atoms with Gasteiger partial charge in [0.05, 0.1) is 21.3 Å². The molecule has 3 amide bonds. The summed E-state index contributed by atoms with van der Waals surface area (Å²) < 4.78 is 0. The lowest BCUT2D eigenvalue weighted by Gasteiger charge is -2.16. The molecule has 0 saturated carbocycles. The number of hydrogen-bond donors (Lipinski definition) is 3. The number of carbonyl (C=O) groups excluding carboxylic acids is 3. The SMILES string of the molecule is Cc1cc(NC(=O)C(C)(C)C)sc1C(=O)Nc1ccccc1NC(=O)c1ccc(Cl)cc1. The van der Waals surface area contributed by atoms with E-state index in [4.69, 9.17) is 11.6 Å². The predicted octanol–water partition coefficient (Wildman–Crippen LogP) is 6.20. The van der Waals surface area contributed by atoms with Gasteiger partial charge in [-0.2, -0.15) is 0 Å². The largest absolute Gasteiger partial charge is 0.320 e. The predicted molar refractivity (Wildman–Crippen MR) is 131 cm³/mol. The molecule has 0 saturated heterocycles. The van der Waals surface area contributed by atoms with Gasteiger partial charge in [-0.05, 0) is 55.0 Å². The molecule has 0 fully saturated rings. The summed E-state index contributed by atoms with van der Waals surface area (Å²) in [6.07, 6.45) is 0. The average molecular weight is 470 g/mol. The van der Waals surface area contributed by atoms with Crippen LogP contribution in [0.5, 0.6) is 0 Å². The maximum absolute atomic E-state index is 12.9. The molecule has 2 aromatic carbocycles. The fraction of sp³-hybridized carbons (Fsp3) is 0.208. The minimum atomic E-state index is -0.540. The molecule has 0 aliphatic rings. The second-order valence-corrected chi connectivity index (χ2v) is 9.78. The van der Waals surface area contributed by atoms with Crippen molar-refractivity contribution in [3.63, 3.8) is 0 Å². The van der Waals surface area contributed by atoms with Crippen LogP contribution < -0.4 is 16.0 Å². The molecule has 166 valence electrons. The summed E-state index contributed by atoms with van der Waals surface area (Å²) in [7, 11) is 0. The fourth-order valence-electron chi connectivity index (χ4n) is 2.74. The molecule has 0 aliphatic carbocycles. The van der Waals surface area contributed by atoms with E-state index in [1.807, 2.05) is 27.7 Å². The van der Waals surface area contributed by atoms with Crippen LogP contribution in [0.2, 0.25) is 5.02 Å². The van der Waals surface area contributed by atoms with Crippen LogP contribution in [0.4, 0.5) is 16.4 Å². The molecule has 3 aromatic rings. The van der Waals surface area contributed by atoms with Crippen LogP contribution in [0.25, 0.3) is 0 Å². The van der Waals surface area contributed by atoms with Gasteiger partial charge in [0.25, 0.3) is 11.8 Å². The van der Waals surface area contributed by atoms with Crippen molar-refractivity contribution < 1.29 is 14.4 Å². The Kier molecular flexibility index (Phi) is 7.01. The van der Waals surface area contributed by atoms with Gasteiger partial charge in [0.15, 0.2) is 0 Å². The van der Waals surface area contributed by atoms with Gasteiger partial charge in [0.2, 0.25) is 5.91 Å². The van der Waals surface area contributed by atoms with Gasteiger partial charge in [-0.25, -0.2) is 0 Å². The zero-order valence-electron chi connectivity index (χ0n) is 18.2. The lowest BCUT2D eigenvalue weighted by Crippen LogP contribution is -2.27. The Morgan fingerprint density at radius 2 is 1.41 bits per heavy atom. The Morgan fingerprint density at radius 3 is 1.97 bits per heavy atom. The number of hydrogen-bond acceptors (Lipinski definition) is 4. The van der Waals surface area contributed by atoms with Gasteiger partial charge >= 0.3 is 0 Å². The molecular weight excluding hydrogens is 446 g/mol. The molecule has 1 aromatic heterocycles. The highest BCUT2D eigenvalue weighted by Crippen LogP contribution is 2.30. The van der Waals surface area contributed by atoms with Gasteiger partial charge in [-0.1, -0.05) is 44.5 Å².